The van der Waals surface area contributed by atoms with E-state index in [4.69, 9.17) is 5.73 Å². The van der Waals surface area contributed by atoms with Crippen LogP contribution in [0.1, 0.15) is 63.1 Å². The molecular weight excluding hydrogens is 400 g/mol. The van der Waals surface area contributed by atoms with Crippen LogP contribution in [-0.4, -0.2) is 23.9 Å². The lowest BCUT2D eigenvalue weighted by atomic mass is 9.94. The third kappa shape index (κ3) is 6.95. The van der Waals surface area contributed by atoms with Crippen LogP contribution >= 0.6 is 0 Å². The van der Waals surface area contributed by atoms with E-state index in [2.05, 4.69) is 16.0 Å². The molecule has 3 rings (SSSR count). The first kappa shape index (κ1) is 23.5. The summed E-state index contributed by atoms with van der Waals surface area (Å²) in [4.78, 5) is 25.2. The number of para-hydroxylation sites is 2. The van der Waals surface area contributed by atoms with Gasteiger partial charge >= 0.3 is 0 Å². The van der Waals surface area contributed by atoms with Crippen LogP contribution in [-0.2, 0) is 9.59 Å². The van der Waals surface area contributed by atoms with E-state index in [0.717, 1.165) is 24.0 Å². The maximum Gasteiger partial charge on any atom is 0.248 e. The molecule has 32 heavy (non-hydrogen) atoms. The fourth-order valence-electron chi connectivity index (χ4n) is 3.94. The Bertz CT molecular complexity index is 931. The second kappa shape index (κ2) is 11.5. The van der Waals surface area contributed by atoms with Crippen molar-refractivity contribution in [1.29, 1.82) is 0 Å². The SMILES string of the molecule is CC(C)NC(C(=O)NC1CCCCC1)c1ccc(C=CC(=O)Nc2ccccc2N)cc1. The largest absolute Gasteiger partial charge is 0.397 e. The van der Waals surface area contributed by atoms with E-state index in [9.17, 15) is 9.59 Å². The molecule has 0 radical (unpaired) electrons. The Morgan fingerprint density at radius 2 is 1.69 bits per heavy atom. The summed E-state index contributed by atoms with van der Waals surface area (Å²) in [6, 6.07) is 14.9. The van der Waals surface area contributed by atoms with Crippen LogP contribution in [0.5, 0.6) is 0 Å². The van der Waals surface area contributed by atoms with E-state index >= 15 is 0 Å². The highest BCUT2D eigenvalue weighted by Gasteiger charge is 2.24. The van der Waals surface area contributed by atoms with Gasteiger partial charge in [-0.25, -0.2) is 0 Å². The quantitative estimate of drug-likeness (QED) is 0.366. The van der Waals surface area contributed by atoms with Crippen molar-refractivity contribution in [3.8, 4) is 0 Å². The molecule has 0 bridgehead atoms. The molecule has 0 saturated heterocycles. The summed E-state index contributed by atoms with van der Waals surface area (Å²) in [7, 11) is 0. The normalized spacial score (nSPS) is 15.6. The first-order valence-electron chi connectivity index (χ1n) is 11.4. The first-order valence-corrected chi connectivity index (χ1v) is 11.4. The third-order valence-electron chi connectivity index (χ3n) is 5.63. The van der Waals surface area contributed by atoms with Gasteiger partial charge in [0.25, 0.3) is 0 Å². The smallest absolute Gasteiger partial charge is 0.248 e. The van der Waals surface area contributed by atoms with Gasteiger partial charge in [-0.2, -0.15) is 0 Å². The molecule has 6 heteroatoms. The van der Waals surface area contributed by atoms with Gasteiger partial charge in [0.2, 0.25) is 11.8 Å². The highest BCUT2D eigenvalue weighted by atomic mass is 16.2. The van der Waals surface area contributed by atoms with E-state index in [-0.39, 0.29) is 23.9 Å². The minimum Gasteiger partial charge on any atom is -0.397 e. The van der Waals surface area contributed by atoms with Crippen LogP contribution in [0.2, 0.25) is 0 Å². The lowest BCUT2D eigenvalue weighted by Gasteiger charge is -2.27. The van der Waals surface area contributed by atoms with Gasteiger partial charge < -0.3 is 16.4 Å². The van der Waals surface area contributed by atoms with Gasteiger partial charge in [-0.05, 0) is 56.0 Å². The average Bonchev–Trinajstić information content (AvgIpc) is 2.78. The van der Waals surface area contributed by atoms with Gasteiger partial charge in [0.15, 0.2) is 0 Å². The van der Waals surface area contributed by atoms with Crippen molar-refractivity contribution in [2.45, 2.75) is 64.1 Å². The second-order valence-corrected chi connectivity index (χ2v) is 8.67. The topological polar surface area (TPSA) is 96.2 Å². The minimum absolute atomic E-state index is 0.0220. The van der Waals surface area contributed by atoms with Crippen LogP contribution in [0.4, 0.5) is 11.4 Å². The van der Waals surface area contributed by atoms with Crippen molar-refractivity contribution in [2.24, 2.45) is 0 Å². The fraction of sp³-hybridized carbons (Fsp3) is 0.385. The number of benzene rings is 2. The number of nitrogen functional groups attached to an aromatic ring is 1. The molecule has 170 valence electrons. The summed E-state index contributed by atoms with van der Waals surface area (Å²) in [5.41, 5.74) is 8.75. The van der Waals surface area contributed by atoms with Gasteiger partial charge in [0.05, 0.1) is 11.4 Å². The molecule has 1 aliphatic carbocycles. The number of hydrogen-bond donors (Lipinski definition) is 4. The Morgan fingerprint density at radius 1 is 1.00 bits per heavy atom. The first-order chi connectivity index (χ1) is 15.4. The summed E-state index contributed by atoms with van der Waals surface area (Å²) in [5.74, 6) is -0.230. The zero-order chi connectivity index (χ0) is 22.9. The molecule has 1 fully saturated rings. The fourth-order valence-corrected chi connectivity index (χ4v) is 3.94. The van der Waals surface area contributed by atoms with Gasteiger partial charge in [0, 0.05) is 18.2 Å². The molecule has 0 heterocycles. The molecule has 2 aromatic carbocycles. The van der Waals surface area contributed by atoms with Crippen LogP contribution in [0.25, 0.3) is 6.08 Å². The summed E-state index contributed by atoms with van der Waals surface area (Å²) in [6.07, 6.45) is 8.94. The van der Waals surface area contributed by atoms with E-state index in [0.29, 0.717) is 11.4 Å². The maximum absolute atomic E-state index is 13.0. The molecule has 2 aromatic rings. The molecule has 0 spiro atoms. The molecular formula is C26H34N4O2. The number of nitrogens with two attached hydrogens (primary N) is 1. The van der Waals surface area contributed by atoms with Crippen molar-refractivity contribution in [2.75, 3.05) is 11.1 Å². The monoisotopic (exact) mass is 434 g/mol. The molecule has 1 aliphatic rings. The zero-order valence-corrected chi connectivity index (χ0v) is 18.9. The third-order valence-corrected chi connectivity index (χ3v) is 5.63. The lowest BCUT2D eigenvalue weighted by Crippen LogP contribution is -2.45. The Labute approximate surface area is 190 Å². The number of amides is 2. The van der Waals surface area contributed by atoms with E-state index in [1.54, 1.807) is 18.2 Å². The number of rotatable bonds is 8. The summed E-state index contributed by atoms with van der Waals surface area (Å²) in [6.45, 7) is 4.08. The number of nitrogens with one attached hydrogen (secondary N) is 3. The summed E-state index contributed by atoms with van der Waals surface area (Å²) in [5, 5.41) is 9.38. The van der Waals surface area contributed by atoms with E-state index in [1.165, 1.54) is 25.3 Å². The molecule has 1 saturated carbocycles. The zero-order valence-electron chi connectivity index (χ0n) is 18.9. The van der Waals surface area contributed by atoms with Crippen LogP contribution < -0.4 is 21.7 Å². The van der Waals surface area contributed by atoms with Crippen molar-refractivity contribution in [3.63, 3.8) is 0 Å². The number of carbonyl (C=O) groups excluding carboxylic acids is 2. The molecule has 1 atom stereocenters. The standard InChI is InChI=1S/C26H34N4O2/c1-18(2)28-25(26(32)29-21-8-4-3-5-9-21)20-15-12-19(13-16-20)14-17-24(31)30-23-11-7-6-10-22(23)27/h6-7,10-18,21,25,28H,3-5,8-9,27H2,1-2H3,(H,29,32)(H,30,31). The predicted molar refractivity (Wildman–Crippen MR) is 131 cm³/mol. The molecule has 2 amide bonds. The lowest BCUT2D eigenvalue weighted by molar-refractivity contribution is -0.124. The molecule has 0 aromatic heterocycles. The van der Waals surface area contributed by atoms with Gasteiger partial charge in [0.1, 0.15) is 6.04 Å². The Balaban J connectivity index is 1.64. The number of anilines is 2. The van der Waals surface area contributed by atoms with Crippen molar-refractivity contribution < 1.29 is 9.59 Å². The van der Waals surface area contributed by atoms with E-state index < -0.39 is 6.04 Å². The van der Waals surface area contributed by atoms with Gasteiger partial charge in [-0.3, -0.25) is 14.9 Å². The summed E-state index contributed by atoms with van der Waals surface area (Å²) < 4.78 is 0. The van der Waals surface area contributed by atoms with Crippen LogP contribution in [0.15, 0.2) is 54.6 Å². The van der Waals surface area contributed by atoms with Crippen molar-refractivity contribution in [3.05, 3.63) is 65.7 Å². The Kier molecular flexibility index (Phi) is 8.45. The predicted octanol–water partition coefficient (Wildman–Crippen LogP) is 4.41. The van der Waals surface area contributed by atoms with Crippen molar-refractivity contribution >= 4 is 29.3 Å². The summed E-state index contributed by atoms with van der Waals surface area (Å²) >= 11 is 0. The molecule has 6 nitrogen and oxygen atoms in total. The van der Waals surface area contributed by atoms with E-state index in [1.807, 2.05) is 50.2 Å². The second-order valence-electron chi connectivity index (χ2n) is 8.67. The molecule has 5 N–H and O–H groups in total. The van der Waals surface area contributed by atoms with Crippen LogP contribution in [0, 0.1) is 0 Å². The van der Waals surface area contributed by atoms with Crippen molar-refractivity contribution in [1.82, 2.24) is 10.6 Å². The maximum atomic E-state index is 13.0. The highest BCUT2D eigenvalue weighted by molar-refractivity contribution is 6.03. The number of hydrogen-bond acceptors (Lipinski definition) is 4. The molecule has 1 unspecified atom stereocenters. The van der Waals surface area contributed by atoms with Gasteiger partial charge in [-0.15, -0.1) is 0 Å². The molecule has 0 aliphatic heterocycles. The Hall–Kier alpha value is -3.12. The van der Waals surface area contributed by atoms with Gasteiger partial charge in [-0.1, -0.05) is 55.7 Å². The Morgan fingerprint density at radius 3 is 2.34 bits per heavy atom. The number of carbonyl (C=O) groups is 2. The van der Waals surface area contributed by atoms with Crippen LogP contribution in [0.3, 0.4) is 0 Å². The minimum atomic E-state index is -0.403. The highest BCUT2D eigenvalue weighted by Crippen LogP contribution is 2.21. The average molecular weight is 435 g/mol.